The summed E-state index contributed by atoms with van der Waals surface area (Å²) in [6.45, 7) is 3.55. The lowest BCUT2D eigenvalue weighted by Gasteiger charge is -2.16. The number of rotatable bonds is 5. The molecular formula is C20H23Cl2N5O2. The van der Waals surface area contributed by atoms with Crippen molar-refractivity contribution in [2.75, 3.05) is 13.1 Å². The van der Waals surface area contributed by atoms with E-state index in [9.17, 15) is 4.79 Å². The molecule has 1 aliphatic rings. The fraction of sp³-hybridized carbons (Fsp3) is 0.350. The highest BCUT2D eigenvalue weighted by Crippen LogP contribution is 2.28. The fourth-order valence-corrected chi connectivity index (χ4v) is 3.75. The van der Waals surface area contributed by atoms with Gasteiger partial charge in [-0.3, -0.25) is 9.48 Å². The van der Waals surface area contributed by atoms with Crippen molar-refractivity contribution >= 4 is 29.9 Å². The van der Waals surface area contributed by atoms with E-state index < -0.39 is 0 Å². The minimum Gasteiger partial charge on any atom is -0.438 e. The van der Waals surface area contributed by atoms with Gasteiger partial charge in [-0.1, -0.05) is 11.6 Å². The second-order valence-corrected chi connectivity index (χ2v) is 7.50. The van der Waals surface area contributed by atoms with Crippen molar-refractivity contribution in [1.29, 1.82) is 0 Å². The Hall–Kier alpha value is -2.35. The summed E-state index contributed by atoms with van der Waals surface area (Å²) in [5.41, 5.74) is 2.76. The van der Waals surface area contributed by atoms with Crippen molar-refractivity contribution < 1.29 is 9.21 Å². The van der Waals surface area contributed by atoms with Crippen molar-refractivity contribution in [1.82, 2.24) is 25.4 Å². The van der Waals surface area contributed by atoms with Crippen molar-refractivity contribution in [2.45, 2.75) is 19.4 Å². The highest BCUT2D eigenvalue weighted by Gasteiger charge is 2.34. The first-order chi connectivity index (χ1) is 13.5. The van der Waals surface area contributed by atoms with Crippen LogP contribution in [0.25, 0.3) is 11.3 Å². The third-order valence-corrected chi connectivity index (χ3v) is 5.32. The summed E-state index contributed by atoms with van der Waals surface area (Å²) in [5, 5.41) is 11.2. The molecule has 0 bridgehead atoms. The van der Waals surface area contributed by atoms with Gasteiger partial charge >= 0.3 is 0 Å². The molecule has 9 heteroatoms. The number of aryl methyl sites for hydroxylation is 2. The van der Waals surface area contributed by atoms with Crippen LogP contribution < -0.4 is 10.6 Å². The maximum Gasteiger partial charge on any atom is 0.225 e. The standard InChI is InChI=1S/C20H22ClN5O2.ClH/c1-12-19(13-3-5-15(21)6-4-13)28-18(25-12)10-23-20(27)17-9-22-8-16(17)14-7-24-26(2)11-14;/h3-7,11,16-17,22H,8-10H2,1-2H3,(H,23,27);1H/t16-,17+;/m1./s1. The molecule has 4 rings (SSSR count). The molecule has 1 amide bonds. The van der Waals surface area contributed by atoms with Crippen LogP contribution in [0.2, 0.25) is 5.02 Å². The summed E-state index contributed by atoms with van der Waals surface area (Å²) >= 11 is 5.94. The van der Waals surface area contributed by atoms with Gasteiger partial charge in [0.05, 0.1) is 24.4 Å². The Labute approximate surface area is 180 Å². The summed E-state index contributed by atoms with van der Waals surface area (Å²) in [7, 11) is 1.88. The summed E-state index contributed by atoms with van der Waals surface area (Å²) < 4.78 is 7.63. The Bertz CT molecular complexity index is 983. The number of aromatic nitrogens is 3. The van der Waals surface area contributed by atoms with Crippen LogP contribution in [0.15, 0.2) is 41.1 Å². The number of hydrogen-bond acceptors (Lipinski definition) is 5. The minimum atomic E-state index is -0.143. The van der Waals surface area contributed by atoms with Gasteiger partial charge in [-0.25, -0.2) is 4.98 Å². The first kappa shape index (κ1) is 21.4. The molecule has 2 atom stereocenters. The van der Waals surface area contributed by atoms with E-state index in [-0.39, 0.29) is 36.7 Å². The molecule has 0 unspecified atom stereocenters. The predicted octanol–water partition coefficient (Wildman–Crippen LogP) is 3.08. The maximum absolute atomic E-state index is 12.7. The fourth-order valence-electron chi connectivity index (χ4n) is 3.63. The highest BCUT2D eigenvalue weighted by molar-refractivity contribution is 6.30. The lowest BCUT2D eigenvalue weighted by atomic mass is 9.90. The molecule has 3 aromatic rings. The maximum atomic E-state index is 12.7. The van der Waals surface area contributed by atoms with Crippen molar-refractivity contribution in [3.05, 3.63) is 58.8 Å². The third kappa shape index (κ3) is 4.63. The second kappa shape index (κ2) is 8.98. The number of benzene rings is 1. The van der Waals surface area contributed by atoms with Crippen LogP contribution in [0, 0.1) is 12.8 Å². The van der Waals surface area contributed by atoms with Gasteiger partial charge in [0.15, 0.2) is 5.76 Å². The van der Waals surface area contributed by atoms with Gasteiger partial charge in [0.25, 0.3) is 0 Å². The Morgan fingerprint density at radius 1 is 1.34 bits per heavy atom. The van der Waals surface area contributed by atoms with Crippen LogP contribution in [-0.2, 0) is 18.4 Å². The molecule has 7 nitrogen and oxygen atoms in total. The van der Waals surface area contributed by atoms with Gasteiger partial charge in [-0.2, -0.15) is 5.10 Å². The number of carbonyl (C=O) groups is 1. The largest absolute Gasteiger partial charge is 0.438 e. The van der Waals surface area contributed by atoms with Crippen molar-refractivity contribution in [2.24, 2.45) is 13.0 Å². The number of nitrogens with zero attached hydrogens (tertiary/aromatic N) is 3. The summed E-state index contributed by atoms with van der Waals surface area (Å²) in [6.07, 6.45) is 3.79. The van der Waals surface area contributed by atoms with E-state index in [4.69, 9.17) is 16.0 Å². The number of nitrogens with one attached hydrogen (secondary N) is 2. The van der Waals surface area contributed by atoms with E-state index in [0.717, 1.165) is 23.4 Å². The van der Waals surface area contributed by atoms with Gasteiger partial charge in [0.1, 0.15) is 0 Å². The Morgan fingerprint density at radius 3 is 2.79 bits per heavy atom. The molecule has 1 aromatic carbocycles. The monoisotopic (exact) mass is 435 g/mol. The van der Waals surface area contributed by atoms with Crippen LogP contribution >= 0.6 is 24.0 Å². The van der Waals surface area contributed by atoms with E-state index in [2.05, 4.69) is 20.7 Å². The molecule has 1 aliphatic heterocycles. The molecule has 0 saturated carbocycles. The number of carbonyl (C=O) groups excluding carboxylic acids is 1. The van der Waals surface area contributed by atoms with Gasteiger partial charge in [-0.05, 0) is 36.8 Å². The molecule has 29 heavy (non-hydrogen) atoms. The lowest BCUT2D eigenvalue weighted by Crippen LogP contribution is -2.34. The van der Waals surface area contributed by atoms with Crippen LogP contribution in [0.3, 0.4) is 0 Å². The zero-order valence-electron chi connectivity index (χ0n) is 16.2. The van der Waals surface area contributed by atoms with Crippen molar-refractivity contribution in [3.63, 3.8) is 0 Å². The topological polar surface area (TPSA) is 85.0 Å². The highest BCUT2D eigenvalue weighted by atomic mass is 35.5. The molecule has 1 fully saturated rings. The first-order valence-electron chi connectivity index (χ1n) is 9.20. The zero-order valence-corrected chi connectivity index (χ0v) is 17.8. The number of hydrogen-bond donors (Lipinski definition) is 2. The third-order valence-electron chi connectivity index (χ3n) is 5.07. The molecule has 0 aliphatic carbocycles. The van der Waals surface area contributed by atoms with E-state index in [1.54, 1.807) is 4.68 Å². The second-order valence-electron chi connectivity index (χ2n) is 7.07. The molecule has 2 aromatic heterocycles. The average Bonchev–Trinajstić information content (AvgIpc) is 3.40. The quantitative estimate of drug-likeness (QED) is 0.642. The molecule has 154 valence electrons. The molecule has 2 N–H and O–H groups in total. The van der Waals surface area contributed by atoms with Gasteiger partial charge in [-0.15, -0.1) is 12.4 Å². The van der Waals surface area contributed by atoms with E-state index in [0.29, 0.717) is 23.2 Å². The summed E-state index contributed by atoms with van der Waals surface area (Å²) in [5.74, 6) is 1.14. The Kier molecular flexibility index (Phi) is 6.62. The van der Waals surface area contributed by atoms with E-state index >= 15 is 0 Å². The smallest absolute Gasteiger partial charge is 0.225 e. The first-order valence-corrected chi connectivity index (χ1v) is 9.58. The van der Waals surface area contributed by atoms with E-state index in [1.807, 2.05) is 50.6 Å². The van der Waals surface area contributed by atoms with Crippen LogP contribution in [0.5, 0.6) is 0 Å². The molecular weight excluding hydrogens is 413 g/mol. The van der Waals surface area contributed by atoms with E-state index in [1.165, 1.54) is 0 Å². The van der Waals surface area contributed by atoms with Crippen LogP contribution in [-0.4, -0.2) is 33.8 Å². The van der Waals surface area contributed by atoms with Crippen LogP contribution in [0.1, 0.15) is 23.1 Å². The summed E-state index contributed by atoms with van der Waals surface area (Å²) in [6, 6.07) is 7.40. The van der Waals surface area contributed by atoms with Gasteiger partial charge < -0.3 is 15.1 Å². The number of halogens is 2. The molecule has 0 spiro atoms. The SMILES string of the molecule is Cc1nc(CNC(=O)[C@H]2CNC[C@@H]2c2cnn(C)c2)oc1-c1ccc(Cl)cc1.Cl. The van der Waals surface area contributed by atoms with Crippen LogP contribution in [0.4, 0.5) is 0 Å². The Morgan fingerprint density at radius 2 is 2.10 bits per heavy atom. The number of amides is 1. The lowest BCUT2D eigenvalue weighted by molar-refractivity contribution is -0.125. The van der Waals surface area contributed by atoms with Crippen molar-refractivity contribution in [3.8, 4) is 11.3 Å². The zero-order chi connectivity index (χ0) is 19.7. The Balaban J connectivity index is 0.00000240. The summed E-state index contributed by atoms with van der Waals surface area (Å²) in [4.78, 5) is 17.2. The molecule has 0 radical (unpaired) electrons. The van der Waals surface area contributed by atoms with Gasteiger partial charge in [0.2, 0.25) is 11.8 Å². The minimum absolute atomic E-state index is 0. The molecule has 3 heterocycles. The normalized spacial score (nSPS) is 18.4. The van der Waals surface area contributed by atoms with Gasteiger partial charge in [0, 0.05) is 42.8 Å². The molecule has 1 saturated heterocycles. The predicted molar refractivity (Wildman–Crippen MR) is 113 cm³/mol. The number of oxazole rings is 1. The average molecular weight is 436 g/mol.